The molecule has 0 aliphatic carbocycles. The summed E-state index contributed by atoms with van der Waals surface area (Å²) in [6, 6.07) is 0. The molecule has 0 spiro atoms. The van der Waals surface area contributed by atoms with Gasteiger partial charge in [0.25, 0.3) is 0 Å². The number of carbonyl (C=O) groups excluding carboxylic acids is 2. The van der Waals surface area contributed by atoms with E-state index >= 15 is 0 Å². The number of nitrogens with zero attached hydrogens (tertiary/aromatic N) is 2. The van der Waals surface area contributed by atoms with Crippen LogP contribution in [-0.4, -0.2) is 54.8 Å². The van der Waals surface area contributed by atoms with Gasteiger partial charge in [0.2, 0.25) is 11.8 Å². The largest absolute Gasteiger partial charge is 0.347 e. The van der Waals surface area contributed by atoms with Gasteiger partial charge in [0.1, 0.15) is 0 Å². The average molecular weight is 215 g/mol. The molecule has 0 aromatic carbocycles. The van der Waals surface area contributed by atoms with Gasteiger partial charge < -0.3 is 15.5 Å². The summed E-state index contributed by atoms with van der Waals surface area (Å²) in [4.78, 5) is 25.8. The third kappa shape index (κ3) is 6.06. The maximum Gasteiger partial charge on any atom is 0.241 e. The molecule has 0 unspecified atom stereocenters. The summed E-state index contributed by atoms with van der Waals surface area (Å²) in [6.45, 7) is 3.67. The fourth-order valence-electron chi connectivity index (χ4n) is 0.957. The van der Waals surface area contributed by atoms with Gasteiger partial charge in [-0.15, -0.1) is 0 Å². The van der Waals surface area contributed by atoms with E-state index in [2.05, 4.69) is 0 Å². The van der Waals surface area contributed by atoms with Crippen LogP contribution in [0.5, 0.6) is 0 Å². The standard InChI is InChI=1S/C10H21N3O2/c1-10(2,11)6-8(14)13(5)7-9(15)12(3)4/h6-7,11H2,1-5H3. The second-order valence-corrected chi connectivity index (χ2v) is 4.70. The van der Waals surface area contributed by atoms with Crippen LogP contribution < -0.4 is 5.73 Å². The number of likely N-dealkylation sites (N-methyl/N-ethyl adjacent to an activating group) is 2. The highest BCUT2D eigenvalue weighted by Gasteiger charge is 2.20. The molecule has 0 radical (unpaired) electrons. The Labute approximate surface area is 91.2 Å². The van der Waals surface area contributed by atoms with Crippen LogP contribution in [0.1, 0.15) is 20.3 Å². The third-order valence-electron chi connectivity index (χ3n) is 1.90. The smallest absolute Gasteiger partial charge is 0.241 e. The average Bonchev–Trinajstić information content (AvgIpc) is 2.00. The van der Waals surface area contributed by atoms with Gasteiger partial charge in [0, 0.05) is 33.1 Å². The second kappa shape index (κ2) is 5.11. The van der Waals surface area contributed by atoms with Gasteiger partial charge in [-0.3, -0.25) is 9.59 Å². The summed E-state index contributed by atoms with van der Waals surface area (Å²) in [5, 5.41) is 0. The van der Waals surface area contributed by atoms with Gasteiger partial charge >= 0.3 is 0 Å². The zero-order chi connectivity index (χ0) is 12.2. The highest BCUT2D eigenvalue weighted by molar-refractivity contribution is 5.84. The van der Waals surface area contributed by atoms with Gasteiger partial charge in [-0.25, -0.2) is 0 Å². The molecule has 0 fully saturated rings. The minimum absolute atomic E-state index is 0.0966. The van der Waals surface area contributed by atoms with E-state index in [-0.39, 0.29) is 24.8 Å². The Bertz CT molecular complexity index is 244. The zero-order valence-corrected chi connectivity index (χ0v) is 10.2. The summed E-state index contributed by atoms with van der Waals surface area (Å²) in [5.41, 5.74) is 5.19. The van der Waals surface area contributed by atoms with E-state index in [0.29, 0.717) is 0 Å². The van der Waals surface area contributed by atoms with Crippen LogP contribution in [0.25, 0.3) is 0 Å². The first-order valence-electron chi connectivity index (χ1n) is 4.86. The van der Waals surface area contributed by atoms with Crippen molar-refractivity contribution in [1.29, 1.82) is 0 Å². The van der Waals surface area contributed by atoms with Crippen molar-refractivity contribution in [2.75, 3.05) is 27.7 Å². The molecule has 5 nitrogen and oxygen atoms in total. The predicted octanol–water partition coefficient (Wildman–Crippen LogP) is -0.340. The molecule has 0 aromatic rings. The van der Waals surface area contributed by atoms with E-state index in [9.17, 15) is 9.59 Å². The van der Waals surface area contributed by atoms with Crippen molar-refractivity contribution in [3.8, 4) is 0 Å². The Morgan fingerprint density at radius 2 is 1.60 bits per heavy atom. The van der Waals surface area contributed by atoms with Crippen molar-refractivity contribution in [2.24, 2.45) is 5.73 Å². The first-order chi connectivity index (χ1) is 6.63. The summed E-state index contributed by atoms with van der Waals surface area (Å²) in [6.07, 6.45) is 0.240. The monoisotopic (exact) mass is 215 g/mol. The molecule has 2 amide bonds. The van der Waals surface area contributed by atoms with E-state index in [0.717, 1.165) is 0 Å². The number of nitrogens with two attached hydrogens (primary N) is 1. The Hall–Kier alpha value is -1.10. The molecule has 0 saturated carbocycles. The number of amides is 2. The van der Waals surface area contributed by atoms with E-state index in [1.54, 1.807) is 35.0 Å². The molecule has 2 N–H and O–H groups in total. The van der Waals surface area contributed by atoms with Crippen molar-refractivity contribution in [2.45, 2.75) is 25.8 Å². The molecular formula is C10H21N3O2. The Balaban J connectivity index is 4.17. The molecule has 0 saturated heterocycles. The predicted molar refractivity (Wildman–Crippen MR) is 59.2 cm³/mol. The lowest BCUT2D eigenvalue weighted by Crippen LogP contribution is -2.43. The number of carbonyl (C=O) groups is 2. The molecule has 0 rings (SSSR count). The maximum absolute atomic E-state index is 11.6. The first kappa shape index (κ1) is 13.9. The zero-order valence-electron chi connectivity index (χ0n) is 10.2. The molecule has 0 atom stereocenters. The fourth-order valence-corrected chi connectivity index (χ4v) is 0.957. The lowest BCUT2D eigenvalue weighted by atomic mass is 10.0. The van der Waals surface area contributed by atoms with Gasteiger partial charge in [-0.1, -0.05) is 0 Å². The van der Waals surface area contributed by atoms with E-state index in [4.69, 9.17) is 5.73 Å². The molecule has 0 aliphatic heterocycles. The summed E-state index contributed by atoms with van der Waals surface area (Å²) < 4.78 is 0. The van der Waals surface area contributed by atoms with Gasteiger partial charge in [0.15, 0.2) is 0 Å². The molecule has 5 heteroatoms. The van der Waals surface area contributed by atoms with Crippen molar-refractivity contribution in [1.82, 2.24) is 9.80 Å². The topological polar surface area (TPSA) is 66.6 Å². The number of rotatable bonds is 4. The number of hydrogen-bond donors (Lipinski definition) is 1. The summed E-state index contributed by atoms with van der Waals surface area (Å²) in [5.74, 6) is -0.210. The summed E-state index contributed by atoms with van der Waals surface area (Å²) >= 11 is 0. The van der Waals surface area contributed by atoms with Gasteiger partial charge in [-0.2, -0.15) is 0 Å². The van der Waals surface area contributed by atoms with Crippen LogP contribution in [-0.2, 0) is 9.59 Å². The Kier molecular flexibility index (Phi) is 4.74. The highest BCUT2D eigenvalue weighted by Crippen LogP contribution is 2.05. The SMILES string of the molecule is CN(C)C(=O)CN(C)C(=O)CC(C)(C)N. The number of hydrogen-bond acceptors (Lipinski definition) is 3. The molecule has 0 aliphatic rings. The van der Waals surface area contributed by atoms with Crippen molar-refractivity contribution in [3.63, 3.8) is 0 Å². The van der Waals surface area contributed by atoms with E-state index in [1.165, 1.54) is 9.80 Å². The van der Waals surface area contributed by atoms with Crippen molar-refractivity contribution >= 4 is 11.8 Å². The van der Waals surface area contributed by atoms with Gasteiger partial charge in [0.05, 0.1) is 6.54 Å². The van der Waals surface area contributed by atoms with Crippen LogP contribution in [0, 0.1) is 0 Å². The summed E-state index contributed by atoms with van der Waals surface area (Å²) in [7, 11) is 4.93. The minimum Gasteiger partial charge on any atom is -0.347 e. The molecule has 0 bridgehead atoms. The molecule has 15 heavy (non-hydrogen) atoms. The lowest BCUT2D eigenvalue weighted by Gasteiger charge is -2.23. The quantitative estimate of drug-likeness (QED) is 0.697. The van der Waals surface area contributed by atoms with Crippen LogP contribution in [0.3, 0.4) is 0 Å². The third-order valence-corrected chi connectivity index (χ3v) is 1.90. The maximum atomic E-state index is 11.6. The van der Waals surface area contributed by atoms with Crippen LogP contribution in [0.15, 0.2) is 0 Å². The van der Waals surface area contributed by atoms with E-state index < -0.39 is 5.54 Å². The Morgan fingerprint density at radius 1 is 1.13 bits per heavy atom. The van der Waals surface area contributed by atoms with Crippen LogP contribution >= 0.6 is 0 Å². The van der Waals surface area contributed by atoms with Crippen LogP contribution in [0.4, 0.5) is 0 Å². The van der Waals surface area contributed by atoms with Crippen molar-refractivity contribution in [3.05, 3.63) is 0 Å². The Morgan fingerprint density at radius 3 is 1.93 bits per heavy atom. The van der Waals surface area contributed by atoms with Crippen molar-refractivity contribution < 1.29 is 9.59 Å². The molecule has 0 heterocycles. The van der Waals surface area contributed by atoms with Crippen LogP contribution in [0.2, 0.25) is 0 Å². The molecular weight excluding hydrogens is 194 g/mol. The van der Waals surface area contributed by atoms with Gasteiger partial charge in [-0.05, 0) is 13.8 Å². The first-order valence-corrected chi connectivity index (χ1v) is 4.86. The second-order valence-electron chi connectivity index (χ2n) is 4.70. The minimum atomic E-state index is -0.535. The molecule has 88 valence electrons. The normalized spacial score (nSPS) is 11.1. The molecule has 0 aromatic heterocycles. The fraction of sp³-hybridized carbons (Fsp3) is 0.800. The highest BCUT2D eigenvalue weighted by atomic mass is 16.2. The lowest BCUT2D eigenvalue weighted by molar-refractivity contribution is -0.138. The van der Waals surface area contributed by atoms with E-state index in [1.807, 2.05) is 0 Å².